The third-order valence-electron chi connectivity index (χ3n) is 2.82. The number of hydrogen-bond acceptors (Lipinski definition) is 3. The Morgan fingerprint density at radius 2 is 2.16 bits per heavy atom. The van der Waals surface area contributed by atoms with E-state index in [-0.39, 0.29) is 24.8 Å². The first-order valence-electron chi connectivity index (χ1n) is 6.15. The molecule has 1 amide bonds. The number of rotatable bonds is 7. The number of benzene rings is 1. The largest absolute Gasteiger partial charge is 0.497 e. The van der Waals surface area contributed by atoms with E-state index < -0.39 is 5.97 Å². The SMILES string of the molecule is COc1cccc(C(C)CC(=O)NCCC(=O)O)c1. The quantitative estimate of drug-likeness (QED) is 0.788. The van der Waals surface area contributed by atoms with Crippen LogP contribution in [0.15, 0.2) is 24.3 Å². The molecule has 0 bridgehead atoms. The zero-order valence-electron chi connectivity index (χ0n) is 11.2. The average Bonchev–Trinajstić information content (AvgIpc) is 2.38. The molecule has 5 nitrogen and oxygen atoms in total. The summed E-state index contributed by atoms with van der Waals surface area (Å²) in [6.45, 7) is 2.12. The van der Waals surface area contributed by atoms with Crippen molar-refractivity contribution in [3.63, 3.8) is 0 Å². The molecule has 1 aromatic carbocycles. The zero-order valence-corrected chi connectivity index (χ0v) is 11.2. The lowest BCUT2D eigenvalue weighted by molar-refractivity contribution is -0.136. The highest BCUT2D eigenvalue weighted by atomic mass is 16.5. The predicted molar refractivity (Wildman–Crippen MR) is 71.3 cm³/mol. The molecule has 0 aromatic heterocycles. The van der Waals surface area contributed by atoms with E-state index in [1.807, 2.05) is 31.2 Å². The summed E-state index contributed by atoms with van der Waals surface area (Å²) in [5.74, 6) is -0.242. The summed E-state index contributed by atoms with van der Waals surface area (Å²) < 4.78 is 5.14. The van der Waals surface area contributed by atoms with Crippen molar-refractivity contribution < 1.29 is 19.4 Å². The lowest BCUT2D eigenvalue weighted by atomic mass is 9.97. The van der Waals surface area contributed by atoms with Crippen LogP contribution in [0.3, 0.4) is 0 Å². The summed E-state index contributed by atoms with van der Waals surface area (Å²) in [4.78, 5) is 22.0. The van der Waals surface area contributed by atoms with Crippen molar-refractivity contribution in [2.75, 3.05) is 13.7 Å². The van der Waals surface area contributed by atoms with E-state index in [4.69, 9.17) is 9.84 Å². The highest BCUT2D eigenvalue weighted by Gasteiger charge is 2.12. The summed E-state index contributed by atoms with van der Waals surface area (Å²) >= 11 is 0. The number of carboxylic acid groups (broad SMARTS) is 1. The highest BCUT2D eigenvalue weighted by molar-refractivity contribution is 5.77. The maximum absolute atomic E-state index is 11.6. The van der Waals surface area contributed by atoms with Gasteiger partial charge in [-0.1, -0.05) is 19.1 Å². The maximum Gasteiger partial charge on any atom is 0.305 e. The Balaban J connectivity index is 2.46. The number of aliphatic carboxylic acids is 1. The molecule has 19 heavy (non-hydrogen) atoms. The molecule has 0 radical (unpaired) electrons. The summed E-state index contributed by atoms with van der Waals surface area (Å²) in [5.41, 5.74) is 1.02. The van der Waals surface area contributed by atoms with Crippen LogP contribution in [0.25, 0.3) is 0 Å². The molecule has 104 valence electrons. The lowest BCUT2D eigenvalue weighted by Crippen LogP contribution is -2.26. The van der Waals surface area contributed by atoms with E-state index in [1.165, 1.54) is 0 Å². The fourth-order valence-corrected chi connectivity index (χ4v) is 1.73. The number of carboxylic acids is 1. The molecular formula is C14H19NO4. The van der Waals surface area contributed by atoms with Crippen LogP contribution < -0.4 is 10.1 Å². The van der Waals surface area contributed by atoms with E-state index in [0.29, 0.717) is 6.42 Å². The van der Waals surface area contributed by atoms with Crippen molar-refractivity contribution in [3.05, 3.63) is 29.8 Å². The third-order valence-corrected chi connectivity index (χ3v) is 2.82. The molecule has 1 atom stereocenters. The van der Waals surface area contributed by atoms with Crippen molar-refractivity contribution in [1.82, 2.24) is 5.32 Å². The van der Waals surface area contributed by atoms with Gasteiger partial charge in [-0.15, -0.1) is 0 Å². The number of nitrogens with one attached hydrogen (secondary N) is 1. The minimum absolute atomic E-state index is 0.0555. The van der Waals surface area contributed by atoms with Gasteiger partial charge in [-0.3, -0.25) is 9.59 Å². The Labute approximate surface area is 112 Å². The highest BCUT2D eigenvalue weighted by Crippen LogP contribution is 2.22. The summed E-state index contributed by atoms with van der Waals surface area (Å²) in [6, 6.07) is 7.57. The van der Waals surface area contributed by atoms with Gasteiger partial charge in [0.25, 0.3) is 0 Å². The van der Waals surface area contributed by atoms with Gasteiger partial charge in [0.05, 0.1) is 13.5 Å². The van der Waals surface area contributed by atoms with Gasteiger partial charge in [0.1, 0.15) is 5.75 Å². The number of amides is 1. The summed E-state index contributed by atoms with van der Waals surface area (Å²) in [7, 11) is 1.60. The second-order valence-corrected chi connectivity index (χ2v) is 4.38. The van der Waals surface area contributed by atoms with Gasteiger partial charge in [0.2, 0.25) is 5.91 Å². The zero-order chi connectivity index (χ0) is 14.3. The first-order chi connectivity index (χ1) is 9.02. The number of carbonyl (C=O) groups excluding carboxylic acids is 1. The Hall–Kier alpha value is -2.04. The molecule has 0 aliphatic carbocycles. The van der Waals surface area contributed by atoms with Crippen LogP contribution in [0, 0.1) is 0 Å². The van der Waals surface area contributed by atoms with Crippen LogP contribution in [0.4, 0.5) is 0 Å². The van der Waals surface area contributed by atoms with Crippen molar-refractivity contribution in [3.8, 4) is 5.75 Å². The van der Waals surface area contributed by atoms with Gasteiger partial charge >= 0.3 is 5.97 Å². The van der Waals surface area contributed by atoms with Gasteiger partial charge in [-0.05, 0) is 23.6 Å². The molecule has 0 aliphatic heterocycles. The topological polar surface area (TPSA) is 75.6 Å². The standard InChI is InChI=1S/C14H19NO4/c1-10(8-13(16)15-7-6-14(17)18)11-4-3-5-12(9-11)19-2/h3-5,9-10H,6-8H2,1-2H3,(H,15,16)(H,17,18). The lowest BCUT2D eigenvalue weighted by Gasteiger charge is -2.12. The van der Waals surface area contributed by atoms with Crippen molar-refractivity contribution in [2.24, 2.45) is 0 Å². The molecule has 1 unspecified atom stereocenters. The van der Waals surface area contributed by atoms with Crippen molar-refractivity contribution in [1.29, 1.82) is 0 Å². The van der Waals surface area contributed by atoms with Crippen LogP contribution in [0.5, 0.6) is 5.75 Å². The van der Waals surface area contributed by atoms with Gasteiger partial charge in [-0.25, -0.2) is 0 Å². The van der Waals surface area contributed by atoms with Crippen molar-refractivity contribution >= 4 is 11.9 Å². The second-order valence-electron chi connectivity index (χ2n) is 4.38. The molecule has 0 heterocycles. The molecular weight excluding hydrogens is 246 g/mol. The number of methoxy groups -OCH3 is 1. The molecule has 0 aliphatic rings. The van der Waals surface area contributed by atoms with E-state index in [9.17, 15) is 9.59 Å². The van der Waals surface area contributed by atoms with E-state index >= 15 is 0 Å². The van der Waals surface area contributed by atoms with Crippen LogP contribution in [0.1, 0.15) is 31.2 Å². The molecule has 1 aromatic rings. The monoisotopic (exact) mass is 265 g/mol. The van der Waals surface area contributed by atoms with E-state index in [1.54, 1.807) is 7.11 Å². The summed E-state index contributed by atoms with van der Waals surface area (Å²) in [5, 5.41) is 11.1. The van der Waals surface area contributed by atoms with Crippen LogP contribution >= 0.6 is 0 Å². The van der Waals surface area contributed by atoms with Crippen LogP contribution in [-0.2, 0) is 9.59 Å². The normalized spacial score (nSPS) is 11.7. The van der Waals surface area contributed by atoms with Gasteiger partial charge in [0.15, 0.2) is 0 Å². The Morgan fingerprint density at radius 3 is 2.79 bits per heavy atom. The molecule has 2 N–H and O–H groups in total. The molecule has 0 spiro atoms. The van der Waals surface area contributed by atoms with Gasteiger partial charge < -0.3 is 15.2 Å². The fraction of sp³-hybridized carbons (Fsp3) is 0.429. The molecule has 5 heteroatoms. The number of ether oxygens (including phenoxy) is 1. The maximum atomic E-state index is 11.6. The van der Waals surface area contributed by atoms with Crippen LogP contribution in [-0.4, -0.2) is 30.6 Å². The average molecular weight is 265 g/mol. The molecule has 1 rings (SSSR count). The smallest absolute Gasteiger partial charge is 0.305 e. The van der Waals surface area contributed by atoms with Gasteiger partial charge in [0, 0.05) is 13.0 Å². The minimum Gasteiger partial charge on any atom is -0.497 e. The second kappa shape index (κ2) is 7.41. The molecule has 0 fully saturated rings. The first kappa shape index (κ1) is 15.0. The summed E-state index contributed by atoms with van der Waals surface area (Å²) in [6.07, 6.45) is 0.270. The fourth-order valence-electron chi connectivity index (χ4n) is 1.73. The molecule has 0 saturated heterocycles. The molecule has 0 saturated carbocycles. The third kappa shape index (κ3) is 5.42. The number of carbonyl (C=O) groups is 2. The Kier molecular flexibility index (Phi) is 5.85. The first-order valence-corrected chi connectivity index (χ1v) is 6.15. The predicted octanol–water partition coefficient (Wildman–Crippen LogP) is 1.78. The Morgan fingerprint density at radius 1 is 1.42 bits per heavy atom. The van der Waals surface area contributed by atoms with E-state index in [0.717, 1.165) is 11.3 Å². The number of hydrogen-bond donors (Lipinski definition) is 2. The van der Waals surface area contributed by atoms with Crippen LogP contribution in [0.2, 0.25) is 0 Å². The van der Waals surface area contributed by atoms with Gasteiger partial charge in [-0.2, -0.15) is 0 Å². The Bertz CT molecular complexity index is 445. The van der Waals surface area contributed by atoms with Crippen molar-refractivity contribution in [2.45, 2.75) is 25.7 Å². The van der Waals surface area contributed by atoms with E-state index in [2.05, 4.69) is 5.32 Å². The minimum atomic E-state index is -0.916.